The third-order valence-corrected chi connectivity index (χ3v) is 8.93. The van der Waals surface area contributed by atoms with Crippen LogP contribution in [0.5, 0.6) is 0 Å². The van der Waals surface area contributed by atoms with Crippen LogP contribution in [0.3, 0.4) is 0 Å². The number of fused-ring (bicyclic) bond motifs is 6. The molecule has 1 saturated carbocycles. The van der Waals surface area contributed by atoms with E-state index in [1.54, 1.807) is 6.20 Å². The molecule has 2 atom stereocenters. The van der Waals surface area contributed by atoms with Crippen molar-refractivity contribution in [2.75, 3.05) is 6.54 Å². The summed E-state index contributed by atoms with van der Waals surface area (Å²) in [5, 5.41) is 1.94. The van der Waals surface area contributed by atoms with Crippen LogP contribution in [0.15, 0.2) is 88.5 Å². The summed E-state index contributed by atoms with van der Waals surface area (Å²) in [5.41, 5.74) is 8.22. The minimum absolute atomic E-state index is 0.0483. The standard InChI is InChI=1S/C26H26O2.C9H8N2/c1-16-20-11-12-22-21-10-6-5-9-18(21)13-23(17-7-3-2-4-8-17)25(22)24(20)14-19(15-27)26(16)28;1-2-5-9-8(4-1)10-6-3-7-11-9/h5-6,9-12,16-17,23H,2-4,7-8,13-14H2,1H3;1-6H,7H2. The summed E-state index contributed by atoms with van der Waals surface area (Å²) in [7, 11) is 0. The van der Waals surface area contributed by atoms with Crippen LogP contribution in [0.2, 0.25) is 0 Å². The fraction of sp³-hybridized carbons (Fsp3) is 0.343. The van der Waals surface area contributed by atoms with Crippen molar-refractivity contribution in [1.82, 2.24) is 0 Å². The molecule has 2 unspecified atom stereocenters. The zero-order valence-corrected chi connectivity index (χ0v) is 22.5. The van der Waals surface area contributed by atoms with Gasteiger partial charge in [-0.2, -0.15) is 0 Å². The number of hydrogen-bond donors (Lipinski definition) is 0. The van der Waals surface area contributed by atoms with E-state index in [1.165, 1.54) is 59.9 Å². The van der Waals surface area contributed by atoms with Crippen molar-refractivity contribution in [2.24, 2.45) is 15.9 Å². The highest BCUT2D eigenvalue weighted by Gasteiger charge is 2.38. The van der Waals surface area contributed by atoms with E-state index in [4.69, 9.17) is 0 Å². The Kier molecular flexibility index (Phi) is 7.22. The molecular weight excluding hydrogens is 480 g/mol. The van der Waals surface area contributed by atoms with Crippen molar-refractivity contribution in [3.63, 3.8) is 0 Å². The molecule has 196 valence electrons. The summed E-state index contributed by atoms with van der Waals surface area (Å²) in [6.07, 6.45) is 11.9. The topological polar surface area (TPSA) is 58.9 Å². The van der Waals surface area contributed by atoms with Gasteiger partial charge >= 0.3 is 0 Å². The largest absolute Gasteiger partial charge is 0.293 e. The number of rotatable bonds is 1. The highest BCUT2D eigenvalue weighted by molar-refractivity contribution is 6.08. The minimum Gasteiger partial charge on any atom is -0.293 e. The molecule has 0 spiro atoms. The summed E-state index contributed by atoms with van der Waals surface area (Å²) in [5.74, 6) is 2.87. The molecule has 1 aliphatic heterocycles. The SMILES string of the molecule is C1=CN=c2ccccc2=NC1.CC1C(=O)C(=C=O)Cc2c1ccc1c2C(C2CCCCC2)Cc2ccccc2-1. The Morgan fingerprint density at radius 3 is 2.46 bits per heavy atom. The molecule has 3 aromatic carbocycles. The summed E-state index contributed by atoms with van der Waals surface area (Å²) in [4.78, 5) is 32.6. The van der Waals surface area contributed by atoms with Crippen LogP contribution < -0.4 is 10.7 Å². The lowest BCUT2D eigenvalue weighted by Crippen LogP contribution is -2.28. The fourth-order valence-corrected chi connectivity index (χ4v) is 6.97. The molecule has 0 saturated heterocycles. The number of carbonyl (C=O) groups is 1. The van der Waals surface area contributed by atoms with E-state index >= 15 is 0 Å². The van der Waals surface area contributed by atoms with E-state index in [1.807, 2.05) is 43.2 Å². The van der Waals surface area contributed by atoms with Crippen LogP contribution >= 0.6 is 0 Å². The van der Waals surface area contributed by atoms with E-state index in [0.717, 1.165) is 29.2 Å². The predicted octanol–water partition coefficient (Wildman–Crippen LogP) is 6.01. The lowest BCUT2D eigenvalue weighted by atomic mass is 9.65. The van der Waals surface area contributed by atoms with Gasteiger partial charge in [0.1, 0.15) is 5.94 Å². The van der Waals surface area contributed by atoms with Crippen LogP contribution in [0, 0.1) is 5.92 Å². The maximum atomic E-state index is 12.6. The Balaban J connectivity index is 0.000000210. The van der Waals surface area contributed by atoms with Gasteiger partial charge in [-0.25, -0.2) is 4.79 Å². The number of para-hydroxylation sites is 2. The van der Waals surface area contributed by atoms with Crippen LogP contribution in [0.25, 0.3) is 11.1 Å². The molecule has 4 aliphatic rings. The number of allylic oxidation sites excluding steroid dienone is 1. The van der Waals surface area contributed by atoms with Gasteiger partial charge < -0.3 is 0 Å². The summed E-state index contributed by atoms with van der Waals surface area (Å²) in [6, 6.07) is 21.0. The molecule has 0 aromatic heterocycles. The van der Waals surface area contributed by atoms with E-state index in [9.17, 15) is 9.59 Å². The van der Waals surface area contributed by atoms with Gasteiger partial charge in [-0.15, -0.1) is 0 Å². The van der Waals surface area contributed by atoms with Crippen molar-refractivity contribution in [3.8, 4) is 11.1 Å². The van der Waals surface area contributed by atoms with Crippen molar-refractivity contribution in [2.45, 2.75) is 63.7 Å². The number of nitrogens with zero attached hydrogens (tertiary/aromatic N) is 2. The van der Waals surface area contributed by atoms with Crippen molar-refractivity contribution in [1.29, 1.82) is 0 Å². The normalized spacial score (nSPS) is 21.4. The maximum absolute atomic E-state index is 12.6. The number of Topliss-reactive ketones (excluding diaryl/α,β-unsaturated/α-hetero) is 1. The molecule has 39 heavy (non-hydrogen) atoms. The third kappa shape index (κ3) is 4.86. The van der Waals surface area contributed by atoms with Crippen LogP contribution in [0.4, 0.5) is 0 Å². The second-order valence-corrected chi connectivity index (χ2v) is 11.1. The van der Waals surface area contributed by atoms with Gasteiger partial charge in [0.25, 0.3) is 0 Å². The van der Waals surface area contributed by atoms with Gasteiger partial charge in [0.15, 0.2) is 5.78 Å². The van der Waals surface area contributed by atoms with E-state index in [-0.39, 0.29) is 11.7 Å². The lowest BCUT2D eigenvalue weighted by Gasteiger charge is -2.39. The molecule has 1 fully saturated rings. The average Bonchev–Trinajstić information content (AvgIpc) is 3.25. The Labute approximate surface area is 229 Å². The molecule has 0 radical (unpaired) electrons. The second-order valence-electron chi connectivity index (χ2n) is 11.1. The molecule has 3 aromatic rings. The quantitative estimate of drug-likeness (QED) is 0.295. The minimum atomic E-state index is -0.241. The molecule has 4 nitrogen and oxygen atoms in total. The Bertz CT molecular complexity index is 1620. The van der Waals surface area contributed by atoms with Gasteiger partial charge in [0, 0.05) is 18.5 Å². The molecule has 0 N–H and O–H groups in total. The number of ketones is 1. The van der Waals surface area contributed by atoms with Gasteiger partial charge in [0.05, 0.1) is 22.8 Å². The monoisotopic (exact) mass is 514 g/mol. The molecule has 1 heterocycles. The first kappa shape index (κ1) is 25.4. The first-order valence-electron chi connectivity index (χ1n) is 14.3. The molecule has 0 bridgehead atoms. The number of benzene rings is 3. The van der Waals surface area contributed by atoms with Crippen LogP contribution in [-0.4, -0.2) is 18.3 Å². The third-order valence-electron chi connectivity index (χ3n) is 8.93. The van der Waals surface area contributed by atoms with Crippen molar-refractivity contribution >= 4 is 11.7 Å². The fourth-order valence-electron chi connectivity index (χ4n) is 6.97. The summed E-state index contributed by atoms with van der Waals surface area (Å²) in [6.45, 7) is 2.68. The molecule has 0 amide bonds. The number of hydrogen-bond acceptors (Lipinski definition) is 4. The second kappa shape index (κ2) is 11.1. The first-order valence-corrected chi connectivity index (χ1v) is 14.3. The van der Waals surface area contributed by atoms with Gasteiger partial charge in [-0.1, -0.05) is 74.7 Å². The van der Waals surface area contributed by atoms with Crippen molar-refractivity contribution < 1.29 is 9.59 Å². The van der Waals surface area contributed by atoms with Crippen LogP contribution in [0.1, 0.15) is 73.1 Å². The van der Waals surface area contributed by atoms with E-state index in [2.05, 4.69) is 46.4 Å². The lowest BCUT2D eigenvalue weighted by molar-refractivity contribution is -0.116. The van der Waals surface area contributed by atoms with E-state index < -0.39 is 0 Å². The molecule has 4 heteroatoms. The maximum Gasteiger partial charge on any atom is 0.177 e. The molecule has 3 aliphatic carbocycles. The van der Waals surface area contributed by atoms with Crippen molar-refractivity contribution in [3.05, 3.63) is 111 Å². The highest BCUT2D eigenvalue weighted by Crippen LogP contribution is 2.50. The van der Waals surface area contributed by atoms with Crippen LogP contribution in [-0.2, 0) is 22.4 Å². The average molecular weight is 515 g/mol. The Morgan fingerprint density at radius 2 is 1.64 bits per heavy atom. The molecular formula is C35H34N2O2. The predicted molar refractivity (Wildman–Crippen MR) is 154 cm³/mol. The van der Waals surface area contributed by atoms with Gasteiger partial charge in [-0.3, -0.25) is 14.8 Å². The zero-order valence-electron chi connectivity index (χ0n) is 22.5. The first-order chi connectivity index (χ1) is 19.2. The summed E-state index contributed by atoms with van der Waals surface area (Å²) >= 11 is 0. The van der Waals surface area contributed by atoms with Gasteiger partial charge in [0.2, 0.25) is 0 Å². The van der Waals surface area contributed by atoms with Gasteiger partial charge in [-0.05, 0) is 82.7 Å². The number of carbonyl (C=O) groups excluding carboxylic acids is 2. The van der Waals surface area contributed by atoms with E-state index in [0.29, 0.717) is 23.8 Å². The smallest absolute Gasteiger partial charge is 0.177 e. The highest BCUT2D eigenvalue weighted by atomic mass is 16.1. The molecule has 7 rings (SSSR count). The summed E-state index contributed by atoms with van der Waals surface area (Å²) < 4.78 is 0. The zero-order chi connectivity index (χ0) is 26.8. The Hall–Kier alpha value is -3.88. The Morgan fingerprint density at radius 1 is 0.872 bits per heavy atom.